The van der Waals surface area contributed by atoms with Crippen LogP contribution in [0.15, 0.2) is 12.4 Å². The minimum Gasteiger partial charge on any atom is -0.481 e. The Bertz CT molecular complexity index is 512. The number of hydrogen-bond donors (Lipinski definition) is 2. The molecule has 116 valence electrons. The van der Waals surface area contributed by atoms with Crippen molar-refractivity contribution in [2.45, 2.75) is 33.2 Å². The van der Waals surface area contributed by atoms with Gasteiger partial charge in [0.25, 0.3) is 0 Å². The summed E-state index contributed by atoms with van der Waals surface area (Å²) in [4.78, 5) is 24.7. The van der Waals surface area contributed by atoms with Crippen molar-refractivity contribution >= 4 is 17.7 Å². The second-order valence-electron chi connectivity index (χ2n) is 5.90. The highest BCUT2D eigenvalue weighted by Crippen LogP contribution is 2.18. The standard InChI is InChI=1S/C14H22N4O3/c1-10(2)7-18-9-12(6-15-18)16-14(21)17-5-3-4-11(8-17)13(19)20/h6,9-11H,3-5,7-8H2,1-2H3,(H,16,21)(H,19,20). The summed E-state index contributed by atoms with van der Waals surface area (Å²) < 4.78 is 1.79. The number of carboxylic acids is 1. The number of aromatic nitrogens is 2. The van der Waals surface area contributed by atoms with Crippen molar-refractivity contribution in [2.24, 2.45) is 11.8 Å². The molecule has 1 aliphatic rings. The van der Waals surface area contributed by atoms with E-state index in [9.17, 15) is 9.59 Å². The minimum atomic E-state index is -0.836. The van der Waals surface area contributed by atoms with Crippen molar-refractivity contribution in [2.75, 3.05) is 18.4 Å². The van der Waals surface area contributed by atoms with Crippen molar-refractivity contribution < 1.29 is 14.7 Å². The maximum absolute atomic E-state index is 12.2. The average Bonchev–Trinajstić information content (AvgIpc) is 2.85. The molecule has 1 aliphatic heterocycles. The summed E-state index contributed by atoms with van der Waals surface area (Å²) in [6, 6.07) is -0.259. The fourth-order valence-corrected chi connectivity index (χ4v) is 2.47. The van der Waals surface area contributed by atoms with Crippen LogP contribution in [0.25, 0.3) is 0 Å². The number of carbonyl (C=O) groups is 2. The molecule has 0 spiro atoms. The summed E-state index contributed by atoms with van der Waals surface area (Å²) in [5, 5.41) is 16.0. The van der Waals surface area contributed by atoms with Crippen LogP contribution in [0.2, 0.25) is 0 Å². The van der Waals surface area contributed by atoms with Crippen LogP contribution in [0.5, 0.6) is 0 Å². The largest absolute Gasteiger partial charge is 0.481 e. The maximum atomic E-state index is 12.2. The molecule has 2 rings (SSSR count). The first kappa shape index (κ1) is 15.3. The van der Waals surface area contributed by atoms with E-state index in [0.717, 1.165) is 13.0 Å². The summed E-state index contributed by atoms with van der Waals surface area (Å²) in [6.45, 7) is 5.84. The molecule has 1 fully saturated rings. The summed E-state index contributed by atoms with van der Waals surface area (Å²) in [5.41, 5.74) is 0.637. The first-order valence-corrected chi connectivity index (χ1v) is 7.27. The summed E-state index contributed by atoms with van der Waals surface area (Å²) in [7, 11) is 0. The number of rotatable bonds is 4. The van der Waals surface area contributed by atoms with E-state index in [1.54, 1.807) is 22.0 Å². The Morgan fingerprint density at radius 2 is 2.29 bits per heavy atom. The third kappa shape index (κ3) is 4.21. The van der Waals surface area contributed by atoms with Crippen molar-refractivity contribution in [3.05, 3.63) is 12.4 Å². The van der Waals surface area contributed by atoms with Gasteiger partial charge in [-0.2, -0.15) is 5.10 Å². The molecule has 1 aromatic heterocycles. The third-order valence-electron chi connectivity index (χ3n) is 3.49. The van der Waals surface area contributed by atoms with E-state index in [1.165, 1.54) is 0 Å². The van der Waals surface area contributed by atoms with Gasteiger partial charge in [-0.25, -0.2) is 4.79 Å². The molecule has 2 amide bonds. The Morgan fingerprint density at radius 3 is 2.95 bits per heavy atom. The molecule has 2 N–H and O–H groups in total. The van der Waals surface area contributed by atoms with Gasteiger partial charge in [-0.3, -0.25) is 9.48 Å². The van der Waals surface area contributed by atoms with E-state index < -0.39 is 11.9 Å². The van der Waals surface area contributed by atoms with Crippen molar-refractivity contribution in [3.63, 3.8) is 0 Å². The van der Waals surface area contributed by atoms with Crippen LogP contribution in [0.1, 0.15) is 26.7 Å². The predicted octanol–water partition coefficient (Wildman–Crippen LogP) is 1.87. The van der Waals surface area contributed by atoms with E-state index in [-0.39, 0.29) is 12.6 Å². The Balaban J connectivity index is 1.91. The number of hydrogen-bond acceptors (Lipinski definition) is 3. The highest BCUT2D eigenvalue weighted by molar-refractivity contribution is 5.89. The number of aliphatic carboxylic acids is 1. The number of piperidine rings is 1. The van der Waals surface area contributed by atoms with E-state index >= 15 is 0 Å². The molecule has 1 atom stereocenters. The van der Waals surface area contributed by atoms with E-state index in [4.69, 9.17) is 5.11 Å². The number of amides is 2. The zero-order valence-electron chi connectivity index (χ0n) is 12.5. The molecule has 0 saturated carbocycles. The monoisotopic (exact) mass is 294 g/mol. The SMILES string of the molecule is CC(C)Cn1cc(NC(=O)N2CCCC(C(=O)O)C2)cn1. The average molecular weight is 294 g/mol. The van der Waals surface area contributed by atoms with Gasteiger partial charge in [0, 0.05) is 25.8 Å². The predicted molar refractivity (Wildman–Crippen MR) is 78.0 cm³/mol. The smallest absolute Gasteiger partial charge is 0.321 e. The minimum absolute atomic E-state index is 0.259. The normalized spacial score (nSPS) is 18.8. The fourth-order valence-electron chi connectivity index (χ4n) is 2.47. The topological polar surface area (TPSA) is 87.5 Å². The van der Waals surface area contributed by atoms with E-state index in [2.05, 4.69) is 24.3 Å². The van der Waals surface area contributed by atoms with Gasteiger partial charge in [0.05, 0.1) is 17.8 Å². The van der Waals surface area contributed by atoms with Gasteiger partial charge >= 0.3 is 12.0 Å². The van der Waals surface area contributed by atoms with Crippen molar-refractivity contribution in [1.82, 2.24) is 14.7 Å². The van der Waals surface area contributed by atoms with E-state index in [1.807, 2.05) is 0 Å². The summed E-state index contributed by atoms with van der Waals surface area (Å²) >= 11 is 0. The molecule has 1 saturated heterocycles. The number of carboxylic acid groups (broad SMARTS) is 1. The van der Waals surface area contributed by atoms with Crippen LogP contribution < -0.4 is 5.32 Å². The molecular weight excluding hydrogens is 272 g/mol. The Kier molecular flexibility index (Phi) is 4.82. The highest BCUT2D eigenvalue weighted by atomic mass is 16.4. The second kappa shape index (κ2) is 6.60. The van der Waals surface area contributed by atoms with Crippen LogP contribution >= 0.6 is 0 Å². The number of carbonyl (C=O) groups excluding carboxylic acids is 1. The lowest BCUT2D eigenvalue weighted by Crippen LogP contribution is -2.44. The Labute approximate surface area is 123 Å². The third-order valence-corrected chi connectivity index (χ3v) is 3.49. The van der Waals surface area contributed by atoms with Crippen molar-refractivity contribution in [1.29, 1.82) is 0 Å². The lowest BCUT2D eigenvalue weighted by atomic mass is 9.99. The maximum Gasteiger partial charge on any atom is 0.321 e. The number of nitrogens with one attached hydrogen (secondary N) is 1. The molecule has 0 aromatic carbocycles. The van der Waals surface area contributed by atoms with Crippen LogP contribution in [0.3, 0.4) is 0 Å². The van der Waals surface area contributed by atoms with Gasteiger partial charge in [0.15, 0.2) is 0 Å². The fraction of sp³-hybridized carbons (Fsp3) is 0.643. The molecular formula is C14H22N4O3. The summed E-state index contributed by atoms with van der Waals surface area (Å²) in [5.74, 6) is -0.822. The zero-order chi connectivity index (χ0) is 15.4. The Morgan fingerprint density at radius 1 is 1.52 bits per heavy atom. The lowest BCUT2D eigenvalue weighted by molar-refractivity contribution is -0.143. The quantitative estimate of drug-likeness (QED) is 0.887. The van der Waals surface area contributed by atoms with Gasteiger partial charge in [-0.05, 0) is 18.8 Å². The summed E-state index contributed by atoms with van der Waals surface area (Å²) in [6.07, 6.45) is 4.75. The van der Waals surface area contributed by atoms with Crippen LogP contribution in [-0.4, -0.2) is 44.9 Å². The van der Waals surface area contributed by atoms with Crippen LogP contribution in [-0.2, 0) is 11.3 Å². The van der Waals surface area contributed by atoms with Gasteiger partial charge in [0.2, 0.25) is 0 Å². The number of urea groups is 1. The van der Waals surface area contributed by atoms with Crippen LogP contribution in [0.4, 0.5) is 10.5 Å². The first-order chi connectivity index (χ1) is 9.95. The molecule has 21 heavy (non-hydrogen) atoms. The number of nitrogens with zero attached hydrogens (tertiary/aromatic N) is 3. The van der Waals surface area contributed by atoms with Gasteiger partial charge < -0.3 is 15.3 Å². The molecule has 0 radical (unpaired) electrons. The van der Waals surface area contributed by atoms with Gasteiger partial charge in [-0.1, -0.05) is 13.8 Å². The first-order valence-electron chi connectivity index (χ1n) is 7.27. The number of likely N-dealkylation sites (tertiary alicyclic amines) is 1. The lowest BCUT2D eigenvalue weighted by Gasteiger charge is -2.30. The molecule has 1 aromatic rings. The molecule has 7 nitrogen and oxygen atoms in total. The van der Waals surface area contributed by atoms with Gasteiger partial charge in [-0.15, -0.1) is 0 Å². The number of anilines is 1. The molecule has 0 bridgehead atoms. The van der Waals surface area contributed by atoms with E-state index in [0.29, 0.717) is 24.6 Å². The highest BCUT2D eigenvalue weighted by Gasteiger charge is 2.28. The molecule has 0 aliphatic carbocycles. The zero-order valence-corrected chi connectivity index (χ0v) is 12.5. The van der Waals surface area contributed by atoms with Crippen LogP contribution in [0, 0.1) is 11.8 Å². The molecule has 7 heteroatoms. The molecule has 1 unspecified atom stereocenters. The molecule has 2 heterocycles. The second-order valence-corrected chi connectivity index (χ2v) is 5.90. The van der Waals surface area contributed by atoms with Crippen molar-refractivity contribution in [3.8, 4) is 0 Å². The van der Waals surface area contributed by atoms with Gasteiger partial charge in [0.1, 0.15) is 0 Å². The Hall–Kier alpha value is -2.05.